The zero-order valence-electron chi connectivity index (χ0n) is 17.3. The monoisotopic (exact) mass is 417 g/mol. The Balaban J connectivity index is 1.56. The predicted octanol–water partition coefficient (Wildman–Crippen LogP) is 4.38. The normalized spacial score (nSPS) is 16.3. The second-order valence-corrected chi connectivity index (χ2v) is 7.84. The smallest absolute Gasteiger partial charge is 0.339 e. The Kier molecular flexibility index (Phi) is 5.72. The average Bonchev–Trinajstić information content (AvgIpc) is 3.34. The fraction of sp³-hybridized carbons (Fsp3) is 0.333. The van der Waals surface area contributed by atoms with Crippen molar-refractivity contribution in [2.24, 2.45) is 0 Å². The Morgan fingerprint density at radius 2 is 1.97 bits per heavy atom. The van der Waals surface area contributed by atoms with Crippen LogP contribution in [-0.2, 0) is 9.53 Å². The molecule has 7 heteroatoms. The molecule has 158 valence electrons. The lowest BCUT2D eigenvalue weighted by Crippen LogP contribution is -2.52. The van der Waals surface area contributed by atoms with Crippen LogP contribution in [0, 0.1) is 11.3 Å². The molecule has 1 aromatic carbocycles. The van der Waals surface area contributed by atoms with Crippen LogP contribution in [0.25, 0.3) is 22.4 Å². The largest absolute Gasteiger partial charge is 0.463 e. The first kappa shape index (κ1) is 20.6. The van der Waals surface area contributed by atoms with E-state index in [4.69, 9.17) is 9.15 Å². The molecule has 31 heavy (non-hydrogen) atoms. The molecule has 0 aliphatic heterocycles. The van der Waals surface area contributed by atoms with E-state index in [1.165, 1.54) is 13.2 Å². The van der Waals surface area contributed by atoms with Crippen LogP contribution < -0.4 is 5.32 Å². The number of rotatable bonds is 5. The molecule has 1 N–H and O–H groups in total. The van der Waals surface area contributed by atoms with E-state index in [1.54, 1.807) is 30.3 Å². The van der Waals surface area contributed by atoms with E-state index in [9.17, 15) is 14.9 Å². The molecule has 1 aliphatic rings. The van der Waals surface area contributed by atoms with E-state index in [0.29, 0.717) is 40.8 Å². The van der Waals surface area contributed by atoms with Crippen molar-refractivity contribution in [2.75, 3.05) is 0 Å². The van der Waals surface area contributed by atoms with Gasteiger partial charge in [0.2, 0.25) is 0 Å². The number of nitrogens with one attached hydrogen (secondary N) is 1. The topological polar surface area (TPSA) is 105 Å². The summed E-state index contributed by atoms with van der Waals surface area (Å²) in [6.45, 7) is 1.51. The van der Waals surface area contributed by atoms with Gasteiger partial charge in [-0.1, -0.05) is 37.5 Å². The van der Waals surface area contributed by atoms with Crippen molar-refractivity contribution in [3.63, 3.8) is 0 Å². The second kappa shape index (κ2) is 8.60. The van der Waals surface area contributed by atoms with E-state index >= 15 is 0 Å². The number of fused-ring (bicyclic) bond motifs is 1. The molecule has 1 amide bonds. The number of para-hydroxylation sites is 1. The molecule has 1 unspecified atom stereocenters. The van der Waals surface area contributed by atoms with Gasteiger partial charge in [0.25, 0.3) is 5.91 Å². The maximum Gasteiger partial charge on any atom is 0.339 e. The summed E-state index contributed by atoms with van der Waals surface area (Å²) < 4.78 is 10.9. The SMILES string of the molecule is CC(OC(=O)c1cc(-c2ccco2)nc2ccccc12)C(=O)NC1(C#N)CCCCC1. The van der Waals surface area contributed by atoms with Crippen molar-refractivity contribution in [1.29, 1.82) is 5.26 Å². The number of aromatic nitrogens is 1. The fourth-order valence-electron chi connectivity index (χ4n) is 3.93. The van der Waals surface area contributed by atoms with Crippen LogP contribution >= 0.6 is 0 Å². The van der Waals surface area contributed by atoms with Gasteiger partial charge in [-0.2, -0.15) is 5.26 Å². The third-order valence-electron chi connectivity index (χ3n) is 5.65. The first-order valence-electron chi connectivity index (χ1n) is 10.4. The van der Waals surface area contributed by atoms with Crippen LogP contribution in [0.1, 0.15) is 49.4 Å². The standard InChI is InChI=1S/C24H23N3O4/c1-16(22(28)27-24(15-25)11-5-2-6-12-24)31-23(29)18-14-20(21-10-7-13-30-21)26-19-9-4-3-8-17(18)19/h3-4,7-10,13-14,16H,2,5-6,11-12H2,1H3,(H,27,28). The summed E-state index contributed by atoms with van der Waals surface area (Å²) in [6, 6.07) is 14.6. The number of carbonyl (C=O) groups excluding carboxylic acids is 2. The maximum absolute atomic E-state index is 13.0. The minimum Gasteiger partial charge on any atom is -0.463 e. The zero-order chi connectivity index (χ0) is 21.8. The van der Waals surface area contributed by atoms with Crippen molar-refractivity contribution < 1.29 is 18.7 Å². The quantitative estimate of drug-likeness (QED) is 0.618. The predicted molar refractivity (Wildman–Crippen MR) is 114 cm³/mol. The molecule has 1 saturated carbocycles. The Morgan fingerprint density at radius 3 is 2.68 bits per heavy atom. The number of carbonyl (C=O) groups is 2. The van der Waals surface area contributed by atoms with E-state index in [2.05, 4.69) is 16.4 Å². The molecular formula is C24H23N3O4. The van der Waals surface area contributed by atoms with Gasteiger partial charge in [0.05, 0.1) is 23.4 Å². The molecule has 2 aromatic heterocycles. The molecule has 1 fully saturated rings. The highest BCUT2D eigenvalue weighted by molar-refractivity contribution is 6.05. The van der Waals surface area contributed by atoms with Gasteiger partial charge in [-0.05, 0) is 44.0 Å². The van der Waals surface area contributed by atoms with Gasteiger partial charge in [-0.15, -0.1) is 0 Å². The molecule has 2 heterocycles. The van der Waals surface area contributed by atoms with Crippen molar-refractivity contribution in [3.8, 4) is 17.5 Å². The fourth-order valence-corrected chi connectivity index (χ4v) is 3.93. The number of hydrogen-bond donors (Lipinski definition) is 1. The highest BCUT2D eigenvalue weighted by Crippen LogP contribution is 2.28. The molecular weight excluding hydrogens is 394 g/mol. The molecule has 0 spiro atoms. The number of pyridine rings is 1. The molecule has 7 nitrogen and oxygen atoms in total. The number of esters is 1. The highest BCUT2D eigenvalue weighted by Gasteiger charge is 2.35. The summed E-state index contributed by atoms with van der Waals surface area (Å²) in [5.41, 5.74) is 0.528. The Hall–Kier alpha value is -3.66. The van der Waals surface area contributed by atoms with Crippen LogP contribution in [0.3, 0.4) is 0 Å². The number of furan rings is 1. The second-order valence-electron chi connectivity index (χ2n) is 7.84. The van der Waals surface area contributed by atoms with Gasteiger partial charge < -0.3 is 14.5 Å². The van der Waals surface area contributed by atoms with Gasteiger partial charge in [0.1, 0.15) is 11.2 Å². The zero-order valence-corrected chi connectivity index (χ0v) is 17.3. The third-order valence-corrected chi connectivity index (χ3v) is 5.65. The maximum atomic E-state index is 13.0. The number of nitriles is 1. The molecule has 0 radical (unpaired) electrons. The summed E-state index contributed by atoms with van der Waals surface area (Å²) in [4.78, 5) is 30.3. The lowest BCUT2D eigenvalue weighted by molar-refractivity contribution is -0.130. The molecule has 0 bridgehead atoms. The number of amides is 1. The van der Waals surface area contributed by atoms with Gasteiger partial charge in [0, 0.05) is 5.39 Å². The van der Waals surface area contributed by atoms with Gasteiger partial charge in [-0.3, -0.25) is 4.79 Å². The Labute approximate surface area is 180 Å². The van der Waals surface area contributed by atoms with E-state index in [1.807, 2.05) is 12.1 Å². The minimum absolute atomic E-state index is 0.296. The lowest BCUT2D eigenvalue weighted by Gasteiger charge is -2.32. The average molecular weight is 417 g/mol. The molecule has 0 saturated heterocycles. The minimum atomic E-state index is -1.04. The number of hydrogen-bond acceptors (Lipinski definition) is 6. The Morgan fingerprint density at radius 1 is 1.19 bits per heavy atom. The first-order valence-corrected chi connectivity index (χ1v) is 10.4. The third kappa shape index (κ3) is 4.29. The summed E-state index contributed by atoms with van der Waals surface area (Å²) in [7, 11) is 0. The van der Waals surface area contributed by atoms with Gasteiger partial charge in [0.15, 0.2) is 11.9 Å². The lowest BCUT2D eigenvalue weighted by atomic mass is 9.83. The summed E-state index contributed by atoms with van der Waals surface area (Å²) in [5, 5.41) is 13.0. The molecule has 1 atom stereocenters. The van der Waals surface area contributed by atoms with E-state index in [0.717, 1.165) is 19.3 Å². The van der Waals surface area contributed by atoms with Crippen LogP contribution in [0.2, 0.25) is 0 Å². The van der Waals surface area contributed by atoms with Crippen LogP contribution in [0.15, 0.2) is 53.1 Å². The number of benzene rings is 1. The highest BCUT2D eigenvalue weighted by atomic mass is 16.5. The van der Waals surface area contributed by atoms with Gasteiger partial charge in [-0.25, -0.2) is 9.78 Å². The van der Waals surface area contributed by atoms with Gasteiger partial charge >= 0.3 is 5.97 Å². The molecule has 3 aromatic rings. The van der Waals surface area contributed by atoms with Crippen LogP contribution in [0.5, 0.6) is 0 Å². The van der Waals surface area contributed by atoms with Crippen LogP contribution in [0.4, 0.5) is 0 Å². The van der Waals surface area contributed by atoms with E-state index in [-0.39, 0.29) is 0 Å². The Bertz CT molecular complexity index is 1140. The van der Waals surface area contributed by atoms with Crippen molar-refractivity contribution in [2.45, 2.75) is 50.7 Å². The summed E-state index contributed by atoms with van der Waals surface area (Å²) in [5.74, 6) is -0.580. The number of nitrogens with zero attached hydrogens (tertiary/aromatic N) is 2. The van der Waals surface area contributed by atoms with E-state index < -0.39 is 23.5 Å². The van der Waals surface area contributed by atoms with Crippen molar-refractivity contribution in [1.82, 2.24) is 10.3 Å². The molecule has 1 aliphatic carbocycles. The van der Waals surface area contributed by atoms with Crippen molar-refractivity contribution >= 4 is 22.8 Å². The summed E-state index contributed by atoms with van der Waals surface area (Å²) >= 11 is 0. The first-order chi connectivity index (χ1) is 15.0. The molecule has 4 rings (SSSR count). The van der Waals surface area contributed by atoms with Crippen LogP contribution in [-0.4, -0.2) is 28.5 Å². The number of ether oxygens (including phenoxy) is 1. The van der Waals surface area contributed by atoms with Crippen molar-refractivity contribution in [3.05, 3.63) is 54.3 Å². The summed E-state index contributed by atoms with van der Waals surface area (Å²) in [6.07, 6.45) is 4.54.